The summed E-state index contributed by atoms with van der Waals surface area (Å²) in [5.74, 6) is 0. The molecule has 0 amide bonds. The van der Waals surface area contributed by atoms with Gasteiger partial charge in [-0.05, 0) is 20.8 Å². The second kappa shape index (κ2) is 3.10. The highest BCUT2D eigenvalue weighted by Gasteiger charge is 2.20. The Hall–Kier alpha value is -0.900. The predicted molar refractivity (Wildman–Crippen MR) is 50.3 cm³/mol. The quantitative estimate of drug-likeness (QED) is 0.641. The van der Waals surface area contributed by atoms with Crippen LogP contribution in [0.5, 0.6) is 0 Å². The number of hydrogen-bond acceptors (Lipinski definition) is 3. The summed E-state index contributed by atoms with van der Waals surface area (Å²) >= 11 is 0. The molecule has 0 unspecified atom stereocenters. The molecule has 0 radical (unpaired) electrons. The molecule has 72 valence electrons. The molecule has 4 nitrogen and oxygen atoms in total. The minimum Gasteiger partial charge on any atom is -0.293 e. The van der Waals surface area contributed by atoms with Crippen LogP contribution < -0.4 is 0 Å². The number of aromatic nitrogens is 3. The maximum absolute atomic E-state index is 4.09. The summed E-state index contributed by atoms with van der Waals surface area (Å²) in [7, 11) is 0. The van der Waals surface area contributed by atoms with Crippen molar-refractivity contribution in [2.24, 2.45) is 0 Å². The van der Waals surface area contributed by atoms with E-state index in [0.717, 1.165) is 25.3 Å². The van der Waals surface area contributed by atoms with E-state index in [1.165, 1.54) is 5.69 Å². The molecule has 1 aliphatic rings. The zero-order valence-corrected chi connectivity index (χ0v) is 8.49. The molecule has 1 aromatic heterocycles. The van der Waals surface area contributed by atoms with E-state index < -0.39 is 0 Å². The van der Waals surface area contributed by atoms with Gasteiger partial charge in [0.2, 0.25) is 0 Å². The van der Waals surface area contributed by atoms with Gasteiger partial charge in [-0.1, -0.05) is 5.21 Å². The van der Waals surface area contributed by atoms with Crippen molar-refractivity contribution >= 4 is 0 Å². The Bertz CT molecular complexity index is 303. The van der Waals surface area contributed by atoms with Crippen LogP contribution in [0.4, 0.5) is 0 Å². The topological polar surface area (TPSA) is 34.0 Å². The second-order valence-corrected chi connectivity index (χ2v) is 3.91. The van der Waals surface area contributed by atoms with E-state index in [4.69, 9.17) is 0 Å². The molecule has 0 fully saturated rings. The molecule has 13 heavy (non-hydrogen) atoms. The molecule has 4 heteroatoms. The molecule has 0 aliphatic carbocycles. The van der Waals surface area contributed by atoms with E-state index in [1.807, 2.05) is 11.6 Å². The van der Waals surface area contributed by atoms with E-state index in [1.54, 1.807) is 0 Å². The number of nitrogens with zero attached hydrogens (tertiary/aromatic N) is 4. The molecule has 2 heterocycles. The molecule has 0 saturated carbocycles. The lowest BCUT2D eigenvalue weighted by atomic mass is 10.2. The van der Waals surface area contributed by atoms with Gasteiger partial charge >= 0.3 is 0 Å². The minimum absolute atomic E-state index is 0.614. The first kappa shape index (κ1) is 8.69. The van der Waals surface area contributed by atoms with E-state index in [2.05, 4.69) is 29.1 Å². The molecule has 0 aromatic carbocycles. The lowest BCUT2D eigenvalue weighted by Crippen LogP contribution is -2.38. The molecule has 0 N–H and O–H groups in total. The lowest BCUT2D eigenvalue weighted by molar-refractivity contribution is 0.170. The van der Waals surface area contributed by atoms with Crippen LogP contribution in [-0.4, -0.2) is 32.5 Å². The summed E-state index contributed by atoms with van der Waals surface area (Å²) in [6.07, 6.45) is 0. The molecule has 0 saturated heterocycles. The summed E-state index contributed by atoms with van der Waals surface area (Å²) < 4.78 is 2.02. The van der Waals surface area contributed by atoms with Crippen LogP contribution in [0.15, 0.2) is 0 Å². The van der Waals surface area contributed by atoms with Gasteiger partial charge in [-0.3, -0.25) is 4.90 Å². The summed E-state index contributed by atoms with van der Waals surface area (Å²) in [6.45, 7) is 9.56. The van der Waals surface area contributed by atoms with Crippen molar-refractivity contribution in [2.75, 3.05) is 6.54 Å². The first-order valence-corrected chi connectivity index (χ1v) is 4.81. The maximum Gasteiger partial charge on any atom is 0.0841 e. The first-order valence-electron chi connectivity index (χ1n) is 4.81. The van der Waals surface area contributed by atoms with Crippen molar-refractivity contribution < 1.29 is 0 Å². The van der Waals surface area contributed by atoms with Crippen molar-refractivity contribution in [2.45, 2.75) is 39.9 Å². The third-order valence-corrected chi connectivity index (χ3v) is 2.71. The molecule has 2 rings (SSSR count). The number of fused-ring (bicyclic) bond motifs is 1. The normalized spacial score (nSPS) is 17.8. The van der Waals surface area contributed by atoms with Crippen LogP contribution in [0.2, 0.25) is 0 Å². The van der Waals surface area contributed by atoms with Crippen LogP contribution in [0.3, 0.4) is 0 Å². The maximum atomic E-state index is 4.09. The van der Waals surface area contributed by atoms with Gasteiger partial charge in [-0.2, -0.15) is 0 Å². The fourth-order valence-corrected chi connectivity index (χ4v) is 1.73. The number of hydrogen-bond donors (Lipinski definition) is 0. The Balaban J connectivity index is 2.22. The van der Waals surface area contributed by atoms with Crippen molar-refractivity contribution in [3.05, 3.63) is 11.4 Å². The van der Waals surface area contributed by atoms with E-state index >= 15 is 0 Å². The molecule has 1 aromatic rings. The van der Waals surface area contributed by atoms with Crippen LogP contribution in [0, 0.1) is 6.92 Å². The van der Waals surface area contributed by atoms with Crippen molar-refractivity contribution in [1.29, 1.82) is 0 Å². The Morgan fingerprint density at radius 1 is 1.31 bits per heavy atom. The highest BCUT2D eigenvalue weighted by Crippen LogP contribution is 2.15. The fourth-order valence-electron chi connectivity index (χ4n) is 1.73. The Kier molecular flexibility index (Phi) is 2.07. The van der Waals surface area contributed by atoms with Crippen LogP contribution >= 0.6 is 0 Å². The minimum atomic E-state index is 0.614. The molecule has 1 aliphatic heterocycles. The van der Waals surface area contributed by atoms with Gasteiger partial charge in [-0.15, -0.1) is 5.10 Å². The molecular weight excluding hydrogens is 164 g/mol. The first-order chi connectivity index (χ1) is 6.18. The lowest BCUT2D eigenvalue weighted by Gasteiger charge is -2.30. The van der Waals surface area contributed by atoms with Crippen LogP contribution in [-0.2, 0) is 13.1 Å². The van der Waals surface area contributed by atoms with Gasteiger partial charge in [0.15, 0.2) is 0 Å². The van der Waals surface area contributed by atoms with E-state index in [-0.39, 0.29) is 0 Å². The summed E-state index contributed by atoms with van der Waals surface area (Å²) in [5.41, 5.74) is 2.35. The summed E-state index contributed by atoms with van der Waals surface area (Å²) in [6, 6.07) is 0.614. The predicted octanol–water partition coefficient (Wildman–Crippen LogP) is 0.811. The Labute approximate surface area is 78.5 Å². The van der Waals surface area contributed by atoms with Gasteiger partial charge in [0.1, 0.15) is 0 Å². The average Bonchev–Trinajstić information content (AvgIpc) is 2.47. The van der Waals surface area contributed by atoms with Gasteiger partial charge in [-0.25, -0.2) is 4.68 Å². The number of rotatable bonds is 1. The molecular formula is C9H16N4. The second-order valence-electron chi connectivity index (χ2n) is 3.91. The van der Waals surface area contributed by atoms with Crippen molar-refractivity contribution in [3.8, 4) is 0 Å². The molecule has 0 atom stereocenters. The highest BCUT2D eigenvalue weighted by molar-refractivity contribution is 5.09. The summed E-state index contributed by atoms with van der Waals surface area (Å²) in [4.78, 5) is 2.45. The van der Waals surface area contributed by atoms with Crippen molar-refractivity contribution in [3.63, 3.8) is 0 Å². The van der Waals surface area contributed by atoms with Crippen LogP contribution in [0.1, 0.15) is 25.2 Å². The van der Waals surface area contributed by atoms with E-state index in [0.29, 0.717) is 6.04 Å². The third-order valence-electron chi connectivity index (χ3n) is 2.71. The number of aryl methyl sites for hydroxylation is 1. The summed E-state index contributed by atoms with van der Waals surface area (Å²) in [5, 5.41) is 8.17. The molecule has 0 bridgehead atoms. The van der Waals surface area contributed by atoms with Gasteiger partial charge in [0, 0.05) is 19.1 Å². The monoisotopic (exact) mass is 180 g/mol. The van der Waals surface area contributed by atoms with Crippen molar-refractivity contribution in [1.82, 2.24) is 19.9 Å². The van der Waals surface area contributed by atoms with Gasteiger partial charge in [0.25, 0.3) is 0 Å². The zero-order chi connectivity index (χ0) is 9.42. The zero-order valence-electron chi connectivity index (χ0n) is 8.49. The smallest absolute Gasteiger partial charge is 0.0841 e. The van der Waals surface area contributed by atoms with Gasteiger partial charge in [0.05, 0.1) is 17.9 Å². The largest absolute Gasteiger partial charge is 0.293 e. The Morgan fingerprint density at radius 3 is 2.77 bits per heavy atom. The fraction of sp³-hybridized carbons (Fsp3) is 0.778. The highest BCUT2D eigenvalue weighted by atomic mass is 15.5. The van der Waals surface area contributed by atoms with Gasteiger partial charge < -0.3 is 0 Å². The third kappa shape index (κ3) is 1.46. The average molecular weight is 180 g/mol. The molecule has 0 spiro atoms. The van der Waals surface area contributed by atoms with E-state index in [9.17, 15) is 0 Å². The van der Waals surface area contributed by atoms with Crippen LogP contribution in [0.25, 0.3) is 0 Å². The SMILES string of the molecule is Cc1nnn2c1CN(C(C)C)CC2. The standard InChI is InChI=1S/C9H16N4/c1-7(2)12-4-5-13-9(6-12)8(3)10-11-13/h7H,4-6H2,1-3H3. The Morgan fingerprint density at radius 2 is 2.08 bits per heavy atom.